The Morgan fingerprint density at radius 1 is 0.750 bits per heavy atom. The van der Waals surface area contributed by atoms with E-state index in [4.69, 9.17) is 4.74 Å². The van der Waals surface area contributed by atoms with Crippen LogP contribution in [0.1, 0.15) is 70.6 Å². The predicted molar refractivity (Wildman–Crippen MR) is 76.1 cm³/mol. The Labute approximate surface area is 121 Å². The van der Waals surface area contributed by atoms with Gasteiger partial charge in [0.05, 0.1) is 5.92 Å². The van der Waals surface area contributed by atoms with E-state index < -0.39 is 6.10 Å². The molecule has 2 saturated carbocycles. The number of rotatable bonds is 2. The molecule has 3 heteroatoms. The summed E-state index contributed by atoms with van der Waals surface area (Å²) in [7, 11) is 0. The molecule has 0 aromatic carbocycles. The third-order valence-electron chi connectivity index (χ3n) is 5.58. The van der Waals surface area contributed by atoms with Gasteiger partial charge in [0, 0.05) is 12.3 Å². The van der Waals surface area contributed by atoms with Gasteiger partial charge in [-0.2, -0.15) is 0 Å². The van der Waals surface area contributed by atoms with Crippen LogP contribution in [0.3, 0.4) is 0 Å². The van der Waals surface area contributed by atoms with Crippen LogP contribution in [0.2, 0.25) is 0 Å². The fourth-order valence-electron chi connectivity index (χ4n) is 4.39. The third-order valence-corrected chi connectivity index (χ3v) is 5.58. The number of cyclic esters (lactones) is 1. The normalized spacial score (nSPS) is 34.0. The fourth-order valence-corrected chi connectivity index (χ4v) is 4.39. The van der Waals surface area contributed by atoms with Crippen LogP contribution in [0.15, 0.2) is 0 Å². The number of esters is 1. The standard InChI is InChI=1S/C17H26O3/c18-15-11-14(12-7-3-1-4-8-12)17(19)20-16(15)13-9-5-2-6-10-13/h12-14,16H,1-11H2/t14-,16-/m1/s1. The molecular formula is C17H26O3. The van der Waals surface area contributed by atoms with Gasteiger partial charge in [-0.05, 0) is 31.6 Å². The van der Waals surface area contributed by atoms with Crippen molar-refractivity contribution in [2.45, 2.75) is 76.7 Å². The number of Topliss-reactive ketones (excluding diaryl/α,β-unsaturated/α-hetero) is 1. The van der Waals surface area contributed by atoms with Crippen molar-refractivity contribution in [3.8, 4) is 0 Å². The molecule has 0 amide bonds. The van der Waals surface area contributed by atoms with Crippen LogP contribution in [0.25, 0.3) is 0 Å². The topological polar surface area (TPSA) is 43.4 Å². The number of ether oxygens (including phenoxy) is 1. The first-order chi connectivity index (χ1) is 9.75. The third kappa shape index (κ3) is 2.91. The maximum absolute atomic E-state index is 12.4. The van der Waals surface area contributed by atoms with E-state index in [0.29, 0.717) is 18.3 Å². The highest BCUT2D eigenvalue weighted by atomic mass is 16.5. The number of hydrogen-bond acceptors (Lipinski definition) is 3. The number of carbonyl (C=O) groups excluding carboxylic acids is 2. The first kappa shape index (κ1) is 14.1. The van der Waals surface area contributed by atoms with Gasteiger partial charge in [-0.15, -0.1) is 0 Å². The lowest BCUT2D eigenvalue weighted by Crippen LogP contribution is -2.45. The quantitative estimate of drug-likeness (QED) is 0.724. The van der Waals surface area contributed by atoms with E-state index in [2.05, 4.69) is 0 Å². The first-order valence-electron chi connectivity index (χ1n) is 8.49. The molecule has 3 nitrogen and oxygen atoms in total. The molecular weight excluding hydrogens is 252 g/mol. The van der Waals surface area contributed by atoms with E-state index in [1.54, 1.807) is 0 Å². The van der Waals surface area contributed by atoms with Gasteiger partial charge in [0.25, 0.3) is 0 Å². The second-order valence-corrected chi connectivity index (χ2v) is 6.93. The molecule has 0 bridgehead atoms. The van der Waals surface area contributed by atoms with E-state index in [0.717, 1.165) is 25.7 Å². The molecule has 0 spiro atoms. The highest BCUT2D eigenvalue weighted by Gasteiger charge is 2.43. The lowest BCUT2D eigenvalue weighted by molar-refractivity contribution is -0.174. The molecule has 1 saturated heterocycles. The average Bonchev–Trinajstić information content (AvgIpc) is 2.51. The van der Waals surface area contributed by atoms with Crippen molar-refractivity contribution in [3.63, 3.8) is 0 Å². The Morgan fingerprint density at radius 3 is 1.90 bits per heavy atom. The van der Waals surface area contributed by atoms with Crippen molar-refractivity contribution < 1.29 is 14.3 Å². The van der Waals surface area contributed by atoms with Gasteiger partial charge in [0.2, 0.25) is 0 Å². The molecule has 3 aliphatic rings. The SMILES string of the molecule is O=C1O[C@H](C2CCCCC2)C(=O)C[C@@H]1C1CCCCC1. The zero-order valence-corrected chi connectivity index (χ0v) is 12.3. The molecule has 3 fully saturated rings. The molecule has 0 unspecified atom stereocenters. The van der Waals surface area contributed by atoms with Crippen LogP contribution < -0.4 is 0 Å². The zero-order chi connectivity index (χ0) is 13.9. The summed E-state index contributed by atoms with van der Waals surface area (Å²) in [6, 6.07) is 0. The first-order valence-corrected chi connectivity index (χ1v) is 8.49. The maximum atomic E-state index is 12.4. The van der Waals surface area contributed by atoms with Crippen molar-refractivity contribution in [3.05, 3.63) is 0 Å². The molecule has 0 aromatic rings. The second kappa shape index (κ2) is 6.28. The Balaban J connectivity index is 1.63. The second-order valence-electron chi connectivity index (χ2n) is 6.93. The van der Waals surface area contributed by atoms with Crippen molar-refractivity contribution in [2.24, 2.45) is 17.8 Å². The van der Waals surface area contributed by atoms with Gasteiger partial charge in [-0.1, -0.05) is 38.5 Å². The van der Waals surface area contributed by atoms with Crippen molar-refractivity contribution >= 4 is 11.8 Å². The minimum absolute atomic E-state index is 0.0768. The van der Waals surface area contributed by atoms with Gasteiger partial charge in [0.1, 0.15) is 0 Å². The molecule has 3 rings (SSSR count). The van der Waals surface area contributed by atoms with E-state index >= 15 is 0 Å². The van der Waals surface area contributed by atoms with Crippen molar-refractivity contribution in [1.29, 1.82) is 0 Å². The van der Waals surface area contributed by atoms with Crippen LogP contribution in [-0.4, -0.2) is 17.9 Å². The molecule has 2 atom stereocenters. The molecule has 1 heterocycles. The Kier molecular flexibility index (Phi) is 4.42. The van der Waals surface area contributed by atoms with Crippen LogP contribution in [0, 0.1) is 17.8 Å². The fraction of sp³-hybridized carbons (Fsp3) is 0.882. The minimum Gasteiger partial charge on any atom is -0.454 e. The van der Waals surface area contributed by atoms with Crippen LogP contribution in [0.4, 0.5) is 0 Å². The summed E-state index contributed by atoms with van der Waals surface area (Å²) in [5.41, 5.74) is 0. The highest BCUT2D eigenvalue weighted by molar-refractivity contribution is 5.93. The molecule has 112 valence electrons. The number of carbonyl (C=O) groups is 2. The maximum Gasteiger partial charge on any atom is 0.310 e. The Hall–Kier alpha value is -0.860. The molecule has 2 aliphatic carbocycles. The van der Waals surface area contributed by atoms with Gasteiger partial charge in [0.15, 0.2) is 11.9 Å². The molecule has 0 N–H and O–H groups in total. The summed E-state index contributed by atoms with van der Waals surface area (Å²) in [5.74, 6) is 0.682. The van der Waals surface area contributed by atoms with Crippen LogP contribution >= 0.6 is 0 Å². The smallest absolute Gasteiger partial charge is 0.310 e. The predicted octanol–water partition coefficient (Wildman–Crippen LogP) is 3.65. The lowest BCUT2D eigenvalue weighted by atomic mass is 9.74. The summed E-state index contributed by atoms with van der Waals surface area (Å²) in [6.45, 7) is 0. The molecule has 20 heavy (non-hydrogen) atoms. The monoisotopic (exact) mass is 278 g/mol. The summed E-state index contributed by atoms with van der Waals surface area (Å²) >= 11 is 0. The Bertz CT molecular complexity index is 328. The molecule has 0 radical (unpaired) electrons. The van der Waals surface area contributed by atoms with Crippen LogP contribution in [-0.2, 0) is 14.3 Å². The minimum atomic E-state index is -0.414. The summed E-state index contributed by atoms with van der Waals surface area (Å²) in [4.78, 5) is 24.7. The highest BCUT2D eigenvalue weighted by Crippen LogP contribution is 2.38. The Morgan fingerprint density at radius 2 is 1.30 bits per heavy atom. The van der Waals surface area contributed by atoms with Gasteiger partial charge in [-0.25, -0.2) is 0 Å². The number of hydrogen-bond donors (Lipinski definition) is 0. The van der Waals surface area contributed by atoms with Gasteiger partial charge < -0.3 is 4.74 Å². The number of ketones is 1. The summed E-state index contributed by atoms with van der Waals surface area (Å²) in [5, 5.41) is 0. The van der Waals surface area contributed by atoms with Gasteiger partial charge in [-0.3, -0.25) is 9.59 Å². The van der Waals surface area contributed by atoms with Crippen LogP contribution in [0.5, 0.6) is 0 Å². The lowest BCUT2D eigenvalue weighted by Gasteiger charge is -2.37. The average molecular weight is 278 g/mol. The van der Waals surface area contributed by atoms with E-state index in [1.807, 2.05) is 0 Å². The molecule has 1 aliphatic heterocycles. The zero-order valence-electron chi connectivity index (χ0n) is 12.3. The van der Waals surface area contributed by atoms with E-state index in [9.17, 15) is 9.59 Å². The van der Waals surface area contributed by atoms with Crippen molar-refractivity contribution in [1.82, 2.24) is 0 Å². The van der Waals surface area contributed by atoms with Crippen molar-refractivity contribution in [2.75, 3.05) is 0 Å². The van der Waals surface area contributed by atoms with E-state index in [1.165, 1.54) is 38.5 Å². The van der Waals surface area contributed by atoms with E-state index in [-0.39, 0.29) is 17.7 Å². The summed E-state index contributed by atoms with van der Waals surface area (Å²) in [6.07, 6.45) is 11.6. The molecule has 0 aromatic heterocycles. The summed E-state index contributed by atoms with van der Waals surface area (Å²) < 4.78 is 5.62. The van der Waals surface area contributed by atoms with Gasteiger partial charge >= 0.3 is 5.97 Å². The largest absolute Gasteiger partial charge is 0.454 e.